The van der Waals surface area contributed by atoms with Gasteiger partial charge in [-0.05, 0) is 55.3 Å². The van der Waals surface area contributed by atoms with Crippen LogP contribution in [0.4, 0.5) is 0 Å². The third-order valence-electron chi connectivity index (χ3n) is 3.11. The Balaban J connectivity index is 2.12. The maximum absolute atomic E-state index is 6.16. The number of rotatable bonds is 6. The molecule has 0 aliphatic rings. The SMILES string of the molecule is CCCNCc1ccc(Oc2cc(Br)ccc2Cl)c(C)c1. The maximum atomic E-state index is 6.16. The van der Waals surface area contributed by atoms with Gasteiger partial charge in [-0.25, -0.2) is 0 Å². The van der Waals surface area contributed by atoms with E-state index in [1.807, 2.05) is 31.2 Å². The van der Waals surface area contributed by atoms with Crippen LogP contribution in [0.1, 0.15) is 24.5 Å². The number of halogens is 2. The summed E-state index contributed by atoms with van der Waals surface area (Å²) in [6.07, 6.45) is 1.14. The fraction of sp³-hybridized carbons (Fsp3) is 0.294. The molecule has 1 N–H and O–H groups in total. The van der Waals surface area contributed by atoms with Crippen LogP contribution in [0.3, 0.4) is 0 Å². The van der Waals surface area contributed by atoms with E-state index in [4.69, 9.17) is 16.3 Å². The molecule has 2 aromatic rings. The fourth-order valence-electron chi connectivity index (χ4n) is 2.02. The van der Waals surface area contributed by atoms with Crippen molar-refractivity contribution >= 4 is 27.5 Å². The van der Waals surface area contributed by atoms with Crippen LogP contribution in [-0.4, -0.2) is 6.54 Å². The molecule has 2 rings (SSSR count). The first kappa shape index (κ1) is 16.3. The van der Waals surface area contributed by atoms with Gasteiger partial charge in [-0.1, -0.05) is 46.6 Å². The van der Waals surface area contributed by atoms with Crippen molar-refractivity contribution in [3.63, 3.8) is 0 Å². The third kappa shape index (κ3) is 4.73. The molecule has 0 aromatic heterocycles. The van der Waals surface area contributed by atoms with Crippen molar-refractivity contribution in [3.05, 3.63) is 57.0 Å². The molecule has 0 radical (unpaired) electrons. The molecule has 2 nitrogen and oxygen atoms in total. The Kier molecular flexibility index (Phi) is 6.09. The standard InChI is InChI=1S/C17H19BrClNO/c1-3-8-20-11-13-4-7-16(12(2)9-13)21-17-10-14(18)5-6-15(17)19/h4-7,9-10,20H,3,8,11H2,1-2H3. The van der Waals surface area contributed by atoms with Gasteiger partial charge in [-0.2, -0.15) is 0 Å². The maximum Gasteiger partial charge on any atom is 0.147 e. The predicted molar refractivity (Wildman–Crippen MR) is 92.4 cm³/mol. The zero-order valence-electron chi connectivity index (χ0n) is 12.2. The molecule has 0 bridgehead atoms. The molecule has 21 heavy (non-hydrogen) atoms. The molecule has 0 aliphatic carbocycles. The van der Waals surface area contributed by atoms with Crippen molar-refractivity contribution in [3.8, 4) is 11.5 Å². The van der Waals surface area contributed by atoms with Crippen LogP contribution in [0.5, 0.6) is 11.5 Å². The van der Waals surface area contributed by atoms with E-state index in [-0.39, 0.29) is 0 Å². The molecule has 0 heterocycles. The number of hydrogen-bond acceptors (Lipinski definition) is 2. The van der Waals surface area contributed by atoms with Gasteiger partial charge in [0.05, 0.1) is 5.02 Å². The molecule has 0 saturated carbocycles. The second-order valence-corrected chi connectivity index (χ2v) is 6.28. The van der Waals surface area contributed by atoms with Gasteiger partial charge in [-0.3, -0.25) is 0 Å². The smallest absolute Gasteiger partial charge is 0.147 e. The average Bonchev–Trinajstić information content (AvgIpc) is 2.46. The van der Waals surface area contributed by atoms with Crippen molar-refractivity contribution in [1.29, 1.82) is 0 Å². The Morgan fingerprint density at radius 1 is 1.14 bits per heavy atom. The van der Waals surface area contributed by atoms with E-state index in [9.17, 15) is 0 Å². The highest BCUT2D eigenvalue weighted by Gasteiger charge is 2.07. The van der Waals surface area contributed by atoms with Gasteiger partial charge < -0.3 is 10.1 Å². The molecule has 0 atom stereocenters. The Labute approximate surface area is 139 Å². The Hall–Kier alpha value is -1.03. The van der Waals surface area contributed by atoms with Gasteiger partial charge in [0.25, 0.3) is 0 Å². The number of aryl methyl sites for hydroxylation is 1. The highest BCUT2D eigenvalue weighted by molar-refractivity contribution is 9.10. The summed E-state index contributed by atoms with van der Waals surface area (Å²) in [7, 11) is 0. The Bertz CT molecular complexity index is 616. The van der Waals surface area contributed by atoms with Gasteiger partial charge in [-0.15, -0.1) is 0 Å². The number of benzene rings is 2. The van der Waals surface area contributed by atoms with Crippen LogP contribution in [-0.2, 0) is 6.54 Å². The molecule has 2 aromatic carbocycles. The third-order valence-corrected chi connectivity index (χ3v) is 3.91. The van der Waals surface area contributed by atoms with Crippen LogP contribution in [0.25, 0.3) is 0 Å². The van der Waals surface area contributed by atoms with Gasteiger partial charge >= 0.3 is 0 Å². The molecule has 0 fully saturated rings. The van der Waals surface area contributed by atoms with Crippen LogP contribution in [0.15, 0.2) is 40.9 Å². The molecule has 0 amide bonds. The lowest BCUT2D eigenvalue weighted by Gasteiger charge is -2.12. The number of hydrogen-bond donors (Lipinski definition) is 1. The normalized spacial score (nSPS) is 10.7. The van der Waals surface area contributed by atoms with E-state index in [1.54, 1.807) is 0 Å². The average molecular weight is 369 g/mol. The molecule has 0 aliphatic heterocycles. The van der Waals surface area contributed by atoms with Gasteiger partial charge in [0.15, 0.2) is 0 Å². The van der Waals surface area contributed by atoms with Crippen molar-refractivity contribution in [1.82, 2.24) is 5.32 Å². The summed E-state index contributed by atoms with van der Waals surface area (Å²) in [5.41, 5.74) is 2.36. The summed E-state index contributed by atoms with van der Waals surface area (Å²) in [4.78, 5) is 0. The topological polar surface area (TPSA) is 21.3 Å². The first-order valence-corrected chi connectivity index (χ1v) is 8.20. The van der Waals surface area contributed by atoms with E-state index in [0.717, 1.165) is 35.3 Å². The summed E-state index contributed by atoms with van der Waals surface area (Å²) in [6.45, 7) is 6.12. The summed E-state index contributed by atoms with van der Waals surface area (Å²) >= 11 is 9.59. The van der Waals surface area contributed by atoms with E-state index in [1.165, 1.54) is 5.56 Å². The molecular formula is C17H19BrClNO. The minimum atomic E-state index is 0.603. The highest BCUT2D eigenvalue weighted by Crippen LogP contribution is 2.33. The monoisotopic (exact) mass is 367 g/mol. The first-order valence-electron chi connectivity index (χ1n) is 7.03. The molecular weight excluding hydrogens is 350 g/mol. The molecule has 0 saturated heterocycles. The lowest BCUT2D eigenvalue weighted by molar-refractivity contribution is 0.478. The summed E-state index contributed by atoms with van der Waals surface area (Å²) in [5, 5.41) is 4.00. The second kappa shape index (κ2) is 7.83. The minimum Gasteiger partial charge on any atom is -0.455 e. The van der Waals surface area contributed by atoms with Crippen LogP contribution in [0, 0.1) is 6.92 Å². The fourth-order valence-corrected chi connectivity index (χ4v) is 2.52. The molecule has 4 heteroatoms. The summed E-state index contributed by atoms with van der Waals surface area (Å²) in [6, 6.07) is 11.8. The van der Waals surface area contributed by atoms with Crippen LogP contribution < -0.4 is 10.1 Å². The van der Waals surface area contributed by atoms with Crippen LogP contribution in [0.2, 0.25) is 5.02 Å². The van der Waals surface area contributed by atoms with Gasteiger partial charge in [0.2, 0.25) is 0 Å². The van der Waals surface area contributed by atoms with Crippen molar-refractivity contribution in [2.24, 2.45) is 0 Å². The van der Waals surface area contributed by atoms with Crippen molar-refractivity contribution < 1.29 is 4.74 Å². The Morgan fingerprint density at radius 2 is 1.95 bits per heavy atom. The van der Waals surface area contributed by atoms with Crippen molar-refractivity contribution in [2.75, 3.05) is 6.54 Å². The highest BCUT2D eigenvalue weighted by atomic mass is 79.9. The molecule has 0 unspecified atom stereocenters. The van der Waals surface area contributed by atoms with E-state index in [2.05, 4.69) is 40.3 Å². The first-order chi connectivity index (χ1) is 10.1. The summed E-state index contributed by atoms with van der Waals surface area (Å²) < 4.78 is 6.86. The van der Waals surface area contributed by atoms with E-state index >= 15 is 0 Å². The molecule has 0 spiro atoms. The van der Waals surface area contributed by atoms with Crippen LogP contribution >= 0.6 is 27.5 Å². The predicted octanol–water partition coefficient (Wildman–Crippen LogP) is 5.70. The number of ether oxygens (including phenoxy) is 1. The van der Waals surface area contributed by atoms with E-state index < -0.39 is 0 Å². The lowest BCUT2D eigenvalue weighted by Crippen LogP contribution is -2.13. The van der Waals surface area contributed by atoms with E-state index in [0.29, 0.717) is 10.8 Å². The van der Waals surface area contributed by atoms with Crippen molar-refractivity contribution in [2.45, 2.75) is 26.8 Å². The number of nitrogens with one attached hydrogen (secondary N) is 1. The zero-order chi connectivity index (χ0) is 15.2. The quantitative estimate of drug-likeness (QED) is 0.660. The Morgan fingerprint density at radius 3 is 2.67 bits per heavy atom. The zero-order valence-corrected chi connectivity index (χ0v) is 14.6. The van der Waals surface area contributed by atoms with Gasteiger partial charge in [0, 0.05) is 11.0 Å². The summed E-state index contributed by atoms with van der Waals surface area (Å²) in [5.74, 6) is 1.49. The molecule has 112 valence electrons. The lowest BCUT2D eigenvalue weighted by atomic mass is 10.1. The van der Waals surface area contributed by atoms with Gasteiger partial charge in [0.1, 0.15) is 11.5 Å². The second-order valence-electron chi connectivity index (χ2n) is 4.95. The largest absolute Gasteiger partial charge is 0.455 e. The minimum absolute atomic E-state index is 0.603.